The average Bonchev–Trinajstić information content (AvgIpc) is 2.78. The van der Waals surface area contributed by atoms with Gasteiger partial charge in [-0.1, -0.05) is 6.07 Å². The quantitative estimate of drug-likeness (QED) is 0.889. The molecule has 2 saturated heterocycles. The van der Waals surface area contributed by atoms with Gasteiger partial charge in [-0.2, -0.15) is 0 Å². The minimum Gasteiger partial charge on any atom is -0.504 e. The number of methoxy groups -OCH3 is 1. The zero-order valence-corrected chi connectivity index (χ0v) is 12.3. The molecule has 1 aromatic carbocycles. The van der Waals surface area contributed by atoms with E-state index in [2.05, 4.69) is 17.1 Å². The van der Waals surface area contributed by atoms with Crippen LogP contribution < -0.4 is 10.1 Å². The van der Waals surface area contributed by atoms with Crippen LogP contribution in [0.5, 0.6) is 11.5 Å². The third kappa shape index (κ3) is 2.63. The van der Waals surface area contributed by atoms with Crippen molar-refractivity contribution in [2.45, 2.75) is 44.3 Å². The van der Waals surface area contributed by atoms with Gasteiger partial charge in [-0.25, -0.2) is 0 Å². The molecule has 2 N–H and O–H groups in total. The fourth-order valence-electron chi connectivity index (χ4n) is 3.49. The highest BCUT2D eigenvalue weighted by Crippen LogP contribution is 2.32. The van der Waals surface area contributed by atoms with Gasteiger partial charge in [0.15, 0.2) is 11.5 Å². The van der Waals surface area contributed by atoms with Crippen molar-refractivity contribution < 1.29 is 9.84 Å². The summed E-state index contributed by atoms with van der Waals surface area (Å²) in [5, 5.41) is 13.4. The van der Waals surface area contributed by atoms with Gasteiger partial charge in [0.1, 0.15) is 0 Å². The monoisotopic (exact) mass is 276 g/mol. The predicted octanol–water partition coefficient (Wildman–Crippen LogP) is 2.29. The minimum atomic E-state index is 0.208. The lowest BCUT2D eigenvalue weighted by molar-refractivity contribution is 0.199. The number of ether oxygens (including phenoxy) is 1. The maximum atomic E-state index is 9.71. The highest BCUT2D eigenvalue weighted by Gasteiger charge is 2.31. The number of hydrogen-bond donors (Lipinski definition) is 2. The van der Waals surface area contributed by atoms with Gasteiger partial charge in [-0.3, -0.25) is 4.90 Å². The highest BCUT2D eigenvalue weighted by atomic mass is 16.5. The fourth-order valence-corrected chi connectivity index (χ4v) is 3.49. The Morgan fingerprint density at radius 3 is 2.90 bits per heavy atom. The first kappa shape index (κ1) is 13.7. The number of phenolic OH excluding ortho intramolecular Hbond substituents is 1. The smallest absolute Gasteiger partial charge is 0.160 e. The molecule has 2 aliphatic heterocycles. The molecule has 1 aromatic rings. The van der Waals surface area contributed by atoms with E-state index < -0.39 is 0 Å². The first-order valence-electron chi connectivity index (χ1n) is 7.54. The molecular weight excluding hydrogens is 252 g/mol. The van der Waals surface area contributed by atoms with Gasteiger partial charge >= 0.3 is 0 Å². The standard InChI is InChI=1S/C16H24N2O2/c1-11(12-3-6-15(19)16(9-12)20-2)18-8-7-13-4-5-14(10-18)17-13/h3,6,9,11,13-14,17,19H,4-5,7-8,10H2,1-2H3. The topological polar surface area (TPSA) is 44.7 Å². The van der Waals surface area contributed by atoms with Gasteiger partial charge < -0.3 is 15.2 Å². The number of hydrogen-bond acceptors (Lipinski definition) is 4. The Balaban J connectivity index is 1.76. The molecule has 3 atom stereocenters. The molecule has 0 aliphatic carbocycles. The molecular formula is C16H24N2O2. The fraction of sp³-hybridized carbons (Fsp3) is 0.625. The molecule has 2 fully saturated rings. The number of likely N-dealkylation sites (tertiary alicyclic amines) is 1. The number of nitrogens with one attached hydrogen (secondary N) is 1. The van der Waals surface area contributed by atoms with Crippen molar-refractivity contribution in [3.8, 4) is 11.5 Å². The Labute approximate surface area is 120 Å². The summed E-state index contributed by atoms with van der Waals surface area (Å²) < 4.78 is 5.22. The lowest BCUT2D eigenvalue weighted by Gasteiger charge is -2.30. The number of rotatable bonds is 3. The van der Waals surface area contributed by atoms with Crippen molar-refractivity contribution in [1.82, 2.24) is 10.2 Å². The summed E-state index contributed by atoms with van der Waals surface area (Å²) in [5.74, 6) is 0.767. The molecule has 0 radical (unpaired) electrons. The predicted molar refractivity (Wildman–Crippen MR) is 79.2 cm³/mol. The molecule has 0 saturated carbocycles. The van der Waals surface area contributed by atoms with Crippen LogP contribution in [-0.2, 0) is 0 Å². The summed E-state index contributed by atoms with van der Waals surface area (Å²) in [7, 11) is 1.60. The van der Waals surface area contributed by atoms with E-state index >= 15 is 0 Å². The summed E-state index contributed by atoms with van der Waals surface area (Å²) >= 11 is 0. The highest BCUT2D eigenvalue weighted by molar-refractivity contribution is 5.42. The van der Waals surface area contributed by atoms with Crippen LogP contribution in [0.4, 0.5) is 0 Å². The lowest BCUT2D eigenvalue weighted by atomic mass is 10.0. The maximum Gasteiger partial charge on any atom is 0.160 e. The molecule has 3 unspecified atom stereocenters. The minimum absolute atomic E-state index is 0.208. The Hall–Kier alpha value is -1.26. The Kier molecular flexibility index (Phi) is 3.85. The van der Waals surface area contributed by atoms with Crippen molar-refractivity contribution in [1.29, 1.82) is 0 Å². The average molecular weight is 276 g/mol. The number of fused-ring (bicyclic) bond motifs is 2. The molecule has 4 heteroatoms. The third-order valence-corrected chi connectivity index (χ3v) is 4.79. The van der Waals surface area contributed by atoms with Gasteiger partial charge in [-0.05, 0) is 43.9 Å². The second kappa shape index (κ2) is 5.62. The molecule has 2 aliphatic rings. The summed E-state index contributed by atoms with van der Waals surface area (Å²) in [6, 6.07) is 7.39. The normalized spacial score (nSPS) is 28.1. The van der Waals surface area contributed by atoms with E-state index in [9.17, 15) is 5.11 Å². The van der Waals surface area contributed by atoms with Crippen molar-refractivity contribution in [2.24, 2.45) is 0 Å². The molecule has 0 amide bonds. The molecule has 0 aromatic heterocycles. The second-order valence-electron chi connectivity index (χ2n) is 6.03. The van der Waals surface area contributed by atoms with Crippen LogP contribution in [0.15, 0.2) is 18.2 Å². The Morgan fingerprint density at radius 2 is 2.10 bits per heavy atom. The largest absolute Gasteiger partial charge is 0.504 e. The molecule has 0 spiro atoms. The lowest BCUT2D eigenvalue weighted by Crippen LogP contribution is -2.36. The van der Waals surface area contributed by atoms with Crippen LogP contribution >= 0.6 is 0 Å². The summed E-state index contributed by atoms with van der Waals surface area (Å²) in [6.07, 6.45) is 3.86. The number of nitrogens with zero attached hydrogens (tertiary/aromatic N) is 1. The van der Waals surface area contributed by atoms with E-state index in [1.54, 1.807) is 13.2 Å². The van der Waals surface area contributed by atoms with Crippen LogP contribution in [0.2, 0.25) is 0 Å². The van der Waals surface area contributed by atoms with Crippen LogP contribution in [0, 0.1) is 0 Å². The van der Waals surface area contributed by atoms with Crippen LogP contribution in [0.1, 0.15) is 37.8 Å². The van der Waals surface area contributed by atoms with Crippen LogP contribution in [-0.4, -0.2) is 42.3 Å². The Bertz CT molecular complexity index is 478. The van der Waals surface area contributed by atoms with E-state index in [4.69, 9.17) is 4.74 Å². The molecule has 3 rings (SSSR count). The van der Waals surface area contributed by atoms with E-state index in [0.29, 0.717) is 23.9 Å². The molecule has 110 valence electrons. The zero-order valence-electron chi connectivity index (χ0n) is 12.3. The molecule has 2 heterocycles. The van der Waals surface area contributed by atoms with Gasteiger partial charge in [0, 0.05) is 31.2 Å². The first-order valence-corrected chi connectivity index (χ1v) is 7.54. The van der Waals surface area contributed by atoms with Gasteiger partial charge in [0.05, 0.1) is 7.11 Å². The summed E-state index contributed by atoms with van der Waals surface area (Å²) in [4.78, 5) is 2.54. The number of phenols is 1. The van der Waals surface area contributed by atoms with Crippen molar-refractivity contribution in [3.05, 3.63) is 23.8 Å². The van der Waals surface area contributed by atoms with Crippen LogP contribution in [0.25, 0.3) is 0 Å². The summed E-state index contributed by atoms with van der Waals surface area (Å²) in [6.45, 7) is 4.49. The number of benzene rings is 1. The first-order chi connectivity index (χ1) is 9.67. The van der Waals surface area contributed by atoms with E-state index in [1.165, 1.54) is 24.8 Å². The van der Waals surface area contributed by atoms with Crippen molar-refractivity contribution in [2.75, 3.05) is 20.2 Å². The second-order valence-corrected chi connectivity index (χ2v) is 6.03. The molecule has 4 nitrogen and oxygen atoms in total. The van der Waals surface area contributed by atoms with Crippen molar-refractivity contribution >= 4 is 0 Å². The Morgan fingerprint density at radius 1 is 1.30 bits per heavy atom. The van der Waals surface area contributed by atoms with E-state index in [1.807, 2.05) is 12.1 Å². The molecule has 2 bridgehead atoms. The zero-order chi connectivity index (χ0) is 14.1. The SMILES string of the molecule is COc1cc(C(C)N2CCC3CCC(C2)N3)ccc1O. The van der Waals surface area contributed by atoms with Crippen molar-refractivity contribution in [3.63, 3.8) is 0 Å². The molecule has 20 heavy (non-hydrogen) atoms. The van der Waals surface area contributed by atoms with Crippen LogP contribution in [0.3, 0.4) is 0 Å². The number of aromatic hydroxyl groups is 1. The van der Waals surface area contributed by atoms with Gasteiger partial charge in [0.2, 0.25) is 0 Å². The third-order valence-electron chi connectivity index (χ3n) is 4.79. The van der Waals surface area contributed by atoms with E-state index in [0.717, 1.165) is 13.1 Å². The van der Waals surface area contributed by atoms with E-state index in [-0.39, 0.29) is 5.75 Å². The maximum absolute atomic E-state index is 9.71. The van der Waals surface area contributed by atoms with Gasteiger partial charge in [-0.15, -0.1) is 0 Å². The summed E-state index contributed by atoms with van der Waals surface area (Å²) in [5.41, 5.74) is 1.21. The van der Waals surface area contributed by atoms with Gasteiger partial charge in [0.25, 0.3) is 0 Å².